The lowest BCUT2D eigenvalue weighted by Gasteiger charge is -2.24. The van der Waals surface area contributed by atoms with Crippen LogP contribution in [-0.2, 0) is 13.0 Å². The summed E-state index contributed by atoms with van der Waals surface area (Å²) < 4.78 is 15.6. The van der Waals surface area contributed by atoms with Crippen molar-refractivity contribution >= 4 is 5.69 Å². The molecule has 0 amide bonds. The molecule has 6 heteroatoms. The van der Waals surface area contributed by atoms with E-state index in [1.165, 1.54) is 6.07 Å². The Hall–Kier alpha value is -2.42. The average molecular weight is 257 g/mol. The maximum atomic E-state index is 13.8. The highest BCUT2D eigenvalue weighted by atomic mass is 19.1. The number of benzene rings is 1. The molecule has 3 rings (SSSR count). The number of halogens is 1. The zero-order valence-corrected chi connectivity index (χ0v) is 10.2. The van der Waals surface area contributed by atoms with Crippen molar-refractivity contribution in [1.29, 1.82) is 5.26 Å². The van der Waals surface area contributed by atoms with E-state index in [-0.39, 0.29) is 6.04 Å². The van der Waals surface area contributed by atoms with Crippen LogP contribution in [0.4, 0.5) is 10.1 Å². The van der Waals surface area contributed by atoms with Gasteiger partial charge < -0.3 is 5.32 Å². The summed E-state index contributed by atoms with van der Waals surface area (Å²) in [4.78, 5) is 4.15. The van der Waals surface area contributed by atoms with E-state index in [2.05, 4.69) is 15.4 Å². The van der Waals surface area contributed by atoms with Crippen LogP contribution in [-0.4, -0.2) is 20.8 Å². The molecular formula is C13H12FN5. The molecule has 1 atom stereocenters. The Kier molecular flexibility index (Phi) is 2.88. The number of anilines is 1. The fourth-order valence-electron chi connectivity index (χ4n) is 2.28. The number of hydrogen-bond acceptors (Lipinski definition) is 4. The number of nitriles is 1. The van der Waals surface area contributed by atoms with Gasteiger partial charge in [0.25, 0.3) is 0 Å². The molecule has 2 aromatic rings. The van der Waals surface area contributed by atoms with Crippen LogP contribution in [0.1, 0.15) is 17.8 Å². The molecule has 96 valence electrons. The Morgan fingerprint density at radius 1 is 1.47 bits per heavy atom. The highest BCUT2D eigenvalue weighted by Crippen LogP contribution is 2.20. The van der Waals surface area contributed by atoms with Gasteiger partial charge in [-0.15, -0.1) is 0 Å². The van der Waals surface area contributed by atoms with Crippen LogP contribution < -0.4 is 5.32 Å². The second-order valence-corrected chi connectivity index (χ2v) is 4.54. The molecule has 0 bridgehead atoms. The molecular weight excluding hydrogens is 245 g/mol. The van der Waals surface area contributed by atoms with E-state index in [1.54, 1.807) is 18.5 Å². The molecule has 1 aromatic carbocycles. The number of fused-ring (bicyclic) bond motifs is 1. The number of aromatic nitrogens is 3. The first-order valence-corrected chi connectivity index (χ1v) is 6.09. The molecule has 0 saturated carbocycles. The molecule has 0 radical (unpaired) electrons. The van der Waals surface area contributed by atoms with Gasteiger partial charge in [0.1, 0.15) is 18.0 Å². The lowest BCUT2D eigenvalue weighted by molar-refractivity contribution is 0.440. The van der Waals surface area contributed by atoms with Gasteiger partial charge in [-0.25, -0.2) is 14.1 Å². The highest BCUT2D eigenvalue weighted by molar-refractivity contribution is 5.49. The molecule has 2 heterocycles. The van der Waals surface area contributed by atoms with Gasteiger partial charge in [0.05, 0.1) is 23.9 Å². The number of rotatable bonds is 2. The van der Waals surface area contributed by atoms with Crippen LogP contribution in [0.15, 0.2) is 24.5 Å². The number of hydrogen-bond donors (Lipinski definition) is 1. The van der Waals surface area contributed by atoms with Gasteiger partial charge in [-0.1, -0.05) is 0 Å². The summed E-state index contributed by atoms with van der Waals surface area (Å²) in [6.45, 7) is 0.675. The smallest absolute Gasteiger partial charge is 0.147 e. The molecule has 0 saturated heterocycles. The zero-order chi connectivity index (χ0) is 13.2. The van der Waals surface area contributed by atoms with Gasteiger partial charge >= 0.3 is 0 Å². The molecule has 0 fully saturated rings. The average Bonchev–Trinajstić information content (AvgIpc) is 2.88. The van der Waals surface area contributed by atoms with Crippen molar-refractivity contribution in [2.45, 2.75) is 25.4 Å². The quantitative estimate of drug-likeness (QED) is 0.889. The number of nitrogens with one attached hydrogen (secondary N) is 1. The first-order valence-electron chi connectivity index (χ1n) is 6.09. The van der Waals surface area contributed by atoms with Crippen LogP contribution >= 0.6 is 0 Å². The summed E-state index contributed by atoms with van der Waals surface area (Å²) in [7, 11) is 0. The Balaban J connectivity index is 1.75. The lowest BCUT2D eigenvalue weighted by Crippen LogP contribution is -2.32. The van der Waals surface area contributed by atoms with E-state index in [4.69, 9.17) is 5.26 Å². The topological polar surface area (TPSA) is 66.5 Å². The Bertz CT molecular complexity index is 643. The normalized spacial score (nSPS) is 17.6. The molecule has 1 aliphatic heterocycles. The monoisotopic (exact) mass is 257 g/mol. The van der Waals surface area contributed by atoms with Gasteiger partial charge in [0.15, 0.2) is 0 Å². The third-order valence-corrected chi connectivity index (χ3v) is 3.26. The maximum Gasteiger partial charge on any atom is 0.147 e. The van der Waals surface area contributed by atoms with Crippen molar-refractivity contribution in [1.82, 2.24) is 14.8 Å². The van der Waals surface area contributed by atoms with Gasteiger partial charge in [0, 0.05) is 12.5 Å². The molecule has 1 aromatic heterocycles. The van der Waals surface area contributed by atoms with Crippen LogP contribution in [0, 0.1) is 17.1 Å². The Labute approximate surface area is 109 Å². The number of nitrogens with zero attached hydrogens (tertiary/aromatic N) is 4. The SMILES string of the molecule is N#Cc1ccc(NC2CCc3ncnn3C2)c(F)c1. The first-order chi connectivity index (χ1) is 9.26. The lowest BCUT2D eigenvalue weighted by atomic mass is 10.1. The number of aryl methyl sites for hydroxylation is 1. The van der Waals surface area contributed by atoms with Gasteiger partial charge in [-0.05, 0) is 24.6 Å². The minimum Gasteiger partial charge on any atom is -0.378 e. The van der Waals surface area contributed by atoms with Crippen molar-refractivity contribution in [3.05, 3.63) is 41.7 Å². The van der Waals surface area contributed by atoms with E-state index < -0.39 is 5.82 Å². The standard InChI is InChI=1S/C13H12FN5/c14-11-5-9(6-15)1-3-12(11)18-10-2-4-13-16-8-17-19(13)7-10/h1,3,5,8,10,18H,2,4,7H2. The van der Waals surface area contributed by atoms with Crippen molar-refractivity contribution < 1.29 is 4.39 Å². The Morgan fingerprint density at radius 3 is 3.16 bits per heavy atom. The molecule has 0 aliphatic carbocycles. The minimum atomic E-state index is -0.400. The predicted molar refractivity (Wildman–Crippen MR) is 66.9 cm³/mol. The van der Waals surface area contributed by atoms with Crippen molar-refractivity contribution in [2.24, 2.45) is 0 Å². The first kappa shape index (κ1) is 11.7. The molecule has 1 aliphatic rings. The van der Waals surface area contributed by atoms with Crippen LogP contribution in [0.25, 0.3) is 0 Å². The largest absolute Gasteiger partial charge is 0.378 e. The van der Waals surface area contributed by atoms with E-state index in [9.17, 15) is 4.39 Å². The summed E-state index contributed by atoms with van der Waals surface area (Å²) in [5.41, 5.74) is 0.748. The minimum absolute atomic E-state index is 0.122. The summed E-state index contributed by atoms with van der Waals surface area (Å²) >= 11 is 0. The third-order valence-electron chi connectivity index (χ3n) is 3.26. The van der Waals surface area contributed by atoms with E-state index in [0.29, 0.717) is 17.8 Å². The third kappa shape index (κ3) is 2.27. The second-order valence-electron chi connectivity index (χ2n) is 4.54. The van der Waals surface area contributed by atoms with Crippen LogP contribution in [0.3, 0.4) is 0 Å². The fraction of sp³-hybridized carbons (Fsp3) is 0.308. The Morgan fingerprint density at radius 2 is 2.37 bits per heavy atom. The van der Waals surface area contributed by atoms with Gasteiger partial charge in [-0.3, -0.25) is 0 Å². The van der Waals surface area contributed by atoms with Crippen molar-refractivity contribution in [3.8, 4) is 6.07 Å². The van der Waals surface area contributed by atoms with Crippen molar-refractivity contribution in [3.63, 3.8) is 0 Å². The van der Waals surface area contributed by atoms with Crippen LogP contribution in [0.5, 0.6) is 0 Å². The van der Waals surface area contributed by atoms with Crippen LogP contribution in [0.2, 0.25) is 0 Å². The van der Waals surface area contributed by atoms with Gasteiger partial charge in [0.2, 0.25) is 0 Å². The summed E-state index contributed by atoms with van der Waals surface area (Å²) in [5.74, 6) is 0.571. The highest BCUT2D eigenvalue weighted by Gasteiger charge is 2.20. The molecule has 1 unspecified atom stereocenters. The predicted octanol–water partition coefficient (Wildman–Crippen LogP) is 1.72. The second kappa shape index (κ2) is 4.69. The molecule has 1 N–H and O–H groups in total. The summed E-state index contributed by atoms with van der Waals surface area (Å²) in [6.07, 6.45) is 3.26. The zero-order valence-electron chi connectivity index (χ0n) is 10.2. The molecule has 19 heavy (non-hydrogen) atoms. The van der Waals surface area contributed by atoms with Gasteiger partial charge in [-0.2, -0.15) is 10.4 Å². The fourth-order valence-corrected chi connectivity index (χ4v) is 2.28. The summed E-state index contributed by atoms with van der Waals surface area (Å²) in [6, 6.07) is 6.49. The van der Waals surface area contributed by atoms with E-state index in [0.717, 1.165) is 18.7 Å². The molecule has 0 spiro atoms. The maximum absolute atomic E-state index is 13.8. The van der Waals surface area contributed by atoms with E-state index >= 15 is 0 Å². The summed E-state index contributed by atoms with van der Waals surface area (Å²) in [5, 5.41) is 16.0. The van der Waals surface area contributed by atoms with Crippen molar-refractivity contribution in [2.75, 3.05) is 5.32 Å². The molecule has 5 nitrogen and oxygen atoms in total. The van der Waals surface area contributed by atoms with E-state index in [1.807, 2.05) is 10.8 Å².